The highest BCUT2D eigenvalue weighted by Gasteiger charge is 2.16. The summed E-state index contributed by atoms with van der Waals surface area (Å²) in [6.07, 6.45) is 3.36. The predicted molar refractivity (Wildman–Crippen MR) is 79.2 cm³/mol. The lowest BCUT2D eigenvalue weighted by Gasteiger charge is -2.19. The molecule has 19 heavy (non-hydrogen) atoms. The van der Waals surface area contributed by atoms with E-state index in [4.69, 9.17) is 4.74 Å². The van der Waals surface area contributed by atoms with Gasteiger partial charge in [-0.1, -0.05) is 31.2 Å². The fourth-order valence-electron chi connectivity index (χ4n) is 2.57. The Kier molecular flexibility index (Phi) is 6.34. The topological polar surface area (TPSA) is 33.3 Å². The number of ether oxygens (including phenoxy) is 1. The summed E-state index contributed by atoms with van der Waals surface area (Å²) in [5.41, 5.74) is 2.89. The molecular formula is C16H26N2O. The molecule has 3 heteroatoms. The molecule has 0 spiro atoms. The minimum Gasteiger partial charge on any atom is -0.381 e. The van der Waals surface area contributed by atoms with Crippen molar-refractivity contribution in [2.24, 2.45) is 0 Å². The summed E-state index contributed by atoms with van der Waals surface area (Å²) in [5.74, 6) is 0. The van der Waals surface area contributed by atoms with Crippen molar-refractivity contribution in [3.63, 3.8) is 0 Å². The maximum absolute atomic E-state index is 5.51. The van der Waals surface area contributed by atoms with Crippen molar-refractivity contribution >= 4 is 0 Å². The molecule has 0 saturated carbocycles. The Morgan fingerprint density at radius 2 is 2.21 bits per heavy atom. The number of benzene rings is 1. The fourth-order valence-corrected chi connectivity index (χ4v) is 2.57. The Morgan fingerprint density at radius 1 is 1.32 bits per heavy atom. The molecule has 0 aromatic heterocycles. The van der Waals surface area contributed by atoms with Crippen LogP contribution in [0.5, 0.6) is 0 Å². The molecule has 0 bridgehead atoms. The van der Waals surface area contributed by atoms with E-state index in [9.17, 15) is 0 Å². The summed E-state index contributed by atoms with van der Waals surface area (Å²) in [6, 6.07) is 9.24. The molecule has 1 aromatic carbocycles. The third kappa shape index (κ3) is 4.60. The molecule has 0 saturated heterocycles. The first-order chi connectivity index (χ1) is 9.42. The summed E-state index contributed by atoms with van der Waals surface area (Å²) < 4.78 is 5.51. The maximum atomic E-state index is 5.51. The summed E-state index contributed by atoms with van der Waals surface area (Å²) in [4.78, 5) is 0. The molecule has 2 rings (SSSR count). The Labute approximate surface area is 116 Å². The monoisotopic (exact) mass is 262 g/mol. The van der Waals surface area contributed by atoms with E-state index in [1.54, 1.807) is 0 Å². The van der Waals surface area contributed by atoms with E-state index < -0.39 is 0 Å². The minimum atomic E-state index is 0.484. The van der Waals surface area contributed by atoms with Crippen molar-refractivity contribution in [1.29, 1.82) is 0 Å². The zero-order valence-electron chi connectivity index (χ0n) is 12.0. The van der Waals surface area contributed by atoms with E-state index in [-0.39, 0.29) is 0 Å². The third-order valence-electron chi connectivity index (χ3n) is 3.56. The van der Waals surface area contributed by atoms with E-state index in [1.165, 1.54) is 11.1 Å². The van der Waals surface area contributed by atoms with Crippen LogP contribution in [-0.2, 0) is 11.3 Å². The van der Waals surface area contributed by atoms with Crippen LogP contribution in [0.15, 0.2) is 24.3 Å². The van der Waals surface area contributed by atoms with Gasteiger partial charge >= 0.3 is 0 Å². The average Bonchev–Trinajstić information content (AvgIpc) is 2.65. The number of fused-ring (bicyclic) bond motifs is 1. The van der Waals surface area contributed by atoms with Crippen molar-refractivity contribution in [2.75, 3.05) is 26.3 Å². The molecule has 0 amide bonds. The van der Waals surface area contributed by atoms with Gasteiger partial charge in [0, 0.05) is 25.8 Å². The second-order valence-corrected chi connectivity index (χ2v) is 5.14. The van der Waals surface area contributed by atoms with Gasteiger partial charge in [-0.15, -0.1) is 0 Å². The van der Waals surface area contributed by atoms with Gasteiger partial charge in [-0.2, -0.15) is 0 Å². The van der Waals surface area contributed by atoms with Crippen LogP contribution in [0.25, 0.3) is 0 Å². The van der Waals surface area contributed by atoms with E-state index in [2.05, 4.69) is 41.8 Å². The standard InChI is InChI=1S/C16H26N2O/c1-2-11-19-12-5-9-18-16-8-10-17-13-14-6-3-4-7-15(14)16/h3-4,6-7,16-18H,2,5,8-13H2,1H3. The first kappa shape index (κ1) is 14.5. The Balaban J connectivity index is 1.79. The van der Waals surface area contributed by atoms with Crippen LogP contribution in [-0.4, -0.2) is 26.3 Å². The minimum absolute atomic E-state index is 0.484. The van der Waals surface area contributed by atoms with Crippen molar-refractivity contribution in [3.05, 3.63) is 35.4 Å². The third-order valence-corrected chi connectivity index (χ3v) is 3.56. The SMILES string of the molecule is CCCOCCCNC1CCNCc2ccccc21. The molecular weight excluding hydrogens is 236 g/mol. The summed E-state index contributed by atoms with van der Waals surface area (Å²) >= 11 is 0. The second kappa shape index (κ2) is 8.31. The molecule has 106 valence electrons. The van der Waals surface area contributed by atoms with Gasteiger partial charge in [0.15, 0.2) is 0 Å². The number of hydrogen-bond donors (Lipinski definition) is 2. The van der Waals surface area contributed by atoms with E-state index in [0.717, 1.165) is 52.1 Å². The second-order valence-electron chi connectivity index (χ2n) is 5.14. The smallest absolute Gasteiger partial charge is 0.0478 e. The number of hydrogen-bond acceptors (Lipinski definition) is 3. The van der Waals surface area contributed by atoms with Crippen LogP contribution in [0.1, 0.15) is 43.4 Å². The zero-order valence-corrected chi connectivity index (χ0v) is 12.0. The lowest BCUT2D eigenvalue weighted by Crippen LogP contribution is -2.25. The van der Waals surface area contributed by atoms with Gasteiger partial charge in [0.25, 0.3) is 0 Å². The summed E-state index contributed by atoms with van der Waals surface area (Å²) in [6.45, 7) is 7.01. The molecule has 0 fully saturated rings. The van der Waals surface area contributed by atoms with Crippen molar-refractivity contribution in [2.45, 2.75) is 38.8 Å². The Morgan fingerprint density at radius 3 is 3.11 bits per heavy atom. The summed E-state index contributed by atoms with van der Waals surface area (Å²) in [5, 5.41) is 7.16. The summed E-state index contributed by atoms with van der Waals surface area (Å²) in [7, 11) is 0. The molecule has 1 atom stereocenters. The van der Waals surface area contributed by atoms with E-state index in [1.807, 2.05) is 0 Å². The quantitative estimate of drug-likeness (QED) is 0.741. The van der Waals surface area contributed by atoms with Crippen LogP contribution in [0.2, 0.25) is 0 Å². The molecule has 1 aliphatic heterocycles. The van der Waals surface area contributed by atoms with Crippen LogP contribution in [0, 0.1) is 0 Å². The Bertz CT molecular complexity index is 368. The fraction of sp³-hybridized carbons (Fsp3) is 0.625. The number of nitrogens with one attached hydrogen (secondary N) is 2. The van der Waals surface area contributed by atoms with Crippen LogP contribution in [0.4, 0.5) is 0 Å². The molecule has 0 aliphatic carbocycles. The van der Waals surface area contributed by atoms with Gasteiger partial charge in [-0.3, -0.25) is 0 Å². The van der Waals surface area contributed by atoms with Crippen molar-refractivity contribution in [3.8, 4) is 0 Å². The maximum Gasteiger partial charge on any atom is 0.0478 e. The van der Waals surface area contributed by atoms with Crippen LogP contribution in [0.3, 0.4) is 0 Å². The molecule has 1 heterocycles. The number of rotatable bonds is 7. The van der Waals surface area contributed by atoms with Gasteiger partial charge in [0.05, 0.1) is 0 Å². The molecule has 0 radical (unpaired) electrons. The van der Waals surface area contributed by atoms with Gasteiger partial charge < -0.3 is 15.4 Å². The zero-order chi connectivity index (χ0) is 13.3. The lowest BCUT2D eigenvalue weighted by molar-refractivity contribution is 0.131. The highest BCUT2D eigenvalue weighted by molar-refractivity contribution is 5.30. The van der Waals surface area contributed by atoms with Gasteiger partial charge in [-0.25, -0.2) is 0 Å². The molecule has 1 aliphatic rings. The van der Waals surface area contributed by atoms with Crippen molar-refractivity contribution < 1.29 is 4.74 Å². The van der Waals surface area contributed by atoms with Gasteiger partial charge in [-0.05, 0) is 43.5 Å². The molecule has 2 N–H and O–H groups in total. The first-order valence-electron chi connectivity index (χ1n) is 7.51. The highest BCUT2D eigenvalue weighted by Crippen LogP contribution is 2.23. The lowest BCUT2D eigenvalue weighted by atomic mass is 9.99. The largest absolute Gasteiger partial charge is 0.381 e. The first-order valence-corrected chi connectivity index (χ1v) is 7.51. The van der Waals surface area contributed by atoms with Gasteiger partial charge in [0.2, 0.25) is 0 Å². The normalized spacial score (nSPS) is 18.9. The highest BCUT2D eigenvalue weighted by atomic mass is 16.5. The molecule has 1 aromatic rings. The van der Waals surface area contributed by atoms with Crippen LogP contribution >= 0.6 is 0 Å². The van der Waals surface area contributed by atoms with E-state index in [0.29, 0.717) is 6.04 Å². The van der Waals surface area contributed by atoms with Crippen LogP contribution < -0.4 is 10.6 Å². The molecule has 1 unspecified atom stereocenters. The average molecular weight is 262 g/mol. The van der Waals surface area contributed by atoms with Gasteiger partial charge in [0.1, 0.15) is 0 Å². The Hall–Kier alpha value is -0.900. The molecule has 3 nitrogen and oxygen atoms in total. The van der Waals surface area contributed by atoms with Crippen molar-refractivity contribution in [1.82, 2.24) is 10.6 Å². The van der Waals surface area contributed by atoms with E-state index >= 15 is 0 Å². The predicted octanol–water partition coefficient (Wildman–Crippen LogP) is 2.63.